The van der Waals surface area contributed by atoms with Crippen LogP contribution in [0.4, 0.5) is 29.3 Å². The van der Waals surface area contributed by atoms with Crippen molar-refractivity contribution < 1.29 is 32.2 Å². The third-order valence-electron chi connectivity index (χ3n) is 4.47. The van der Waals surface area contributed by atoms with Gasteiger partial charge >= 0.3 is 12.2 Å². The van der Waals surface area contributed by atoms with Gasteiger partial charge in [-0.3, -0.25) is 9.78 Å². The number of anilines is 2. The summed E-state index contributed by atoms with van der Waals surface area (Å²) in [7, 11) is 1.49. The molecule has 3 amide bonds. The second-order valence-electron chi connectivity index (χ2n) is 7.01. The highest BCUT2D eigenvalue weighted by Gasteiger charge is 2.31. The van der Waals surface area contributed by atoms with Crippen LogP contribution in [-0.2, 0) is 6.18 Å². The van der Waals surface area contributed by atoms with Crippen molar-refractivity contribution in [3.05, 3.63) is 72.1 Å². The predicted molar refractivity (Wildman–Crippen MR) is 123 cm³/mol. The molecule has 35 heavy (non-hydrogen) atoms. The first-order chi connectivity index (χ1) is 16.7. The minimum Gasteiger partial charge on any atom is -0.490 e. The largest absolute Gasteiger partial charge is 0.490 e. The summed E-state index contributed by atoms with van der Waals surface area (Å²) in [5.74, 6) is 0.487. The quantitative estimate of drug-likeness (QED) is 0.375. The van der Waals surface area contributed by atoms with E-state index in [1.807, 2.05) is 0 Å². The highest BCUT2D eigenvalue weighted by Crippen LogP contribution is 2.35. The van der Waals surface area contributed by atoms with Gasteiger partial charge in [-0.15, -0.1) is 0 Å². The van der Waals surface area contributed by atoms with Crippen molar-refractivity contribution in [3.8, 4) is 17.2 Å². The number of nitrogens with one attached hydrogen (secondary N) is 3. The zero-order chi connectivity index (χ0) is 25.4. The lowest BCUT2D eigenvalue weighted by molar-refractivity contribution is -0.137. The number of nitrogens with two attached hydrogens (primary N) is 1. The molecule has 0 fully saturated rings. The van der Waals surface area contributed by atoms with Gasteiger partial charge in [0.15, 0.2) is 0 Å². The summed E-state index contributed by atoms with van der Waals surface area (Å²) in [6, 6.07) is 11.2. The molecular weight excluding hydrogens is 467 g/mol. The number of pyridine rings is 1. The number of ether oxygens (including phenoxy) is 2. The van der Waals surface area contributed by atoms with Crippen molar-refractivity contribution in [1.82, 2.24) is 10.3 Å². The first-order valence-corrected chi connectivity index (χ1v) is 10.3. The Morgan fingerprint density at radius 1 is 1.00 bits per heavy atom. The van der Waals surface area contributed by atoms with Crippen LogP contribution >= 0.6 is 0 Å². The topological polar surface area (TPSA) is 128 Å². The minimum absolute atomic E-state index is 0.0517. The zero-order valence-corrected chi connectivity index (χ0v) is 18.5. The molecule has 2 aromatic carbocycles. The van der Waals surface area contributed by atoms with E-state index in [1.165, 1.54) is 31.4 Å². The molecule has 0 spiro atoms. The molecule has 3 aromatic rings. The Kier molecular flexibility index (Phi) is 8.10. The van der Waals surface area contributed by atoms with Crippen molar-refractivity contribution in [3.63, 3.8) is 0 Å². The van der Waals surface area contributed by atoms with Gasteiger partial charge in [0.25, 0.3) is 5.91 Å². The van der Waals surface area contributed by atoms with Crippen molar-refractivity contribution >= 4 is 23.3 Å². The van der Waals surface area contributed by atoms with E-state index in [9.17, 15) is 22.8 Å². The van der Waals surface area contributed by atoms with Gasteiger partial charge in [-0.25, -0.2) is 4.79 Å². The highest BCUT2D eigenvalue weighted by molar-refractivity contribution is 6.00. The monoisotopic (exact) mass is 489 g/mol. The van der Waals surface area contributed by atoms with Crippen LogP contribution in [0.2, 0.25) is 0 Å². The number of benzene rings is 2. The van der Waals surface area contributed by atoms with Crippen LogP contribution in [-0.4, -0.2) is 37.1 Å². The Labute approximate surface area is 198 Å². The Hall–Kier alpha value is -4.32. The number of alkyl halides is 3. The maximum Gasteiger partial charge on any atom is 0.416 e. The van der Waals surface area contributed by atoms with E-state index in [0.717, 1.165) is 18.2 Å². The third-order valence-corrected chi connectivity index (χ3v) is 4.47. The molecular formula is C23H22F3N5O4. The van der Waals surface area contributed by atoms with E-state index < -0.39 is 17.8 Å². The van der Waals surface area contributed by atoms with Gasteiger partial charge in [-0.05, 0) is 48.5 Å². The number of halogens is 3. The van der Waals surface area contributed by atoms with Crippen molar-refractivity contribution in [1.29, 1.82) is 0 Å². The number of urea groups is 1. The van der Waals surface area contributed by atoms with Crippen molar-refractivity contribution in [2.24, 2.45) is 5.73 Å². The second-order valence-corrected chi connectivity index (χ2v) is 7.01. The van der Waals surface area contributed by atoms with Gasteiger partial charge in [0.1, 0.15) is 29.5 Å². The molecule has 184 valence electrons. The average Bonchev–Trinajstić information content (AvgIpc) is 2.83. The van der Waals surface area contributed by atoms with E-state index in [4.69, 9.17) is 15.2 Å². The van der Waals surface area contributed by atoms with Crippen LogP contribution in [0.25, 0.3) is 0 Å². The fraction of sp³-hybridized carbons (Fsp3) is 0.174. The minimum atomic E-state index is -4.59. The number of carbonyl (C=O) groups is 2. The van der Waals surface area contributed by atoms with Gasteiger partial charge < -0.3 is 31.2 Å². The van der Waals surface area contributed by atoms with E-state index in [2.05, 4.69) is 20.9 Å². The summed E-state index contributed by atoms with van der Waals surface area (Å²) in [6.45, 7) is 0.207. The summed E-state index contributed by atoms with van der Waals surface area (Å²) >= 11 is 0. The first-order valence-electron chi connectivity index (χ1n) is 10.3. The van der Waals surface area contributed by atoms with Crippen LogP contribution in [0.15, 0.2) is 60.8 Å². The van der Waals surface area contributed by atoms with Gasteiger partial charge in [-0.2, -0.15) is 13.2 Å². The number of nitrogens with zero attached hydrogens (tertiary/aromatic N) is 1. The molecule has 3 rings (SSSR count). The van der Waals surface area contributed by atoms with E-state index in [-0.39, 0.29) is 36.2 Å². The van der Waals surface area contributed by atoms with Crippen LogP contribution in [0.3, 0.4) is 0 Å². The number of hydrogen-bond acceptors (Lipinski definition) is 6. The lowest BCUT2D eigenvalue weighted by Crippen LogP contribution is -2.21. The molecule has 1 heterocycles. The van der Waals surface area contributed by atoms with Crippen LogP contribution < -0.4 is 31.2 Å². The molecule has 9 nitrogen and oxygen atoms in total. The van der Waals surface area contributed by atoms with Gasteiger partial charge in [-0.1, -0.05) is 0 Å². The first kappa shape index (κ1) is 25.3. The number of hydrogen-bond donors (Lipinski definition) is 4. The maximum absolute atomic E-state index is 13.1. The summed E-state index contributed by atoms with van der Waals surface area (Å²) in [5.41, 5.74) is 4.82. The molecule has 12 heteroatoms. The highest BCUT2D eigenvalue weighted by atomic mass is 19.4. The van der Waals surface area contributed by atoms with Gasteiger partial charge in [0.05, 0.1) is 11.3 Å². The SMILES string of the molecule is CNC(=O)c1cc(Oc2ccc(NC(=O)Nc3cc(C(F)(F)F)ccc3OCCN)cc2)ccn1. The summed E-state index contributed by atoms with van der Waals surface area (Å²) in [5, 5.41) is 7.36. The van der Waals surface area contributed by atoms with Crippen LogP contribution in [0.1, 0.15) is 16.1 Å². The second kappa shape index (κ2) is 11.2. The molecule has 1 aromatic heterocycles. The molecule has 0 unspecified atom stereocenters. The number of amides is 3. The normalized spacial score (nSPS) is 10.9. The van der Waals surface area contributed by atoms with E-state index >= 15 is 0 Å². The summed E-state index contributed by atoms with van der Waals surface area (Å²) < 4.78 is 50.3. The Balaban J connectivity index is 1.67. The zero-order valence-electron chi connectivity index (χ0n) is 18.5. The molecule has 0 atom stereocenters. The van der Waals surface area contributed by atoms with Crippen LogP contribution in [0, 0.1) is 0 Å². The maximum atomic E-state index is 13.1. The Bertz CT molecular complexity index is 1190. The van der Waals surface area contributed by atoms with Crippen molar-refractivity contribution in [2.75, 3.05) is 30.8 Å². The Morgan fingerprint density at radius 3 is 2.40 bits per heavy atom. The average molecular weight is 489 g/mol. The third kappa shape index (κ3) is 7.08. The molecule has 0 radical (unpaired) electrons. The number of rotatable bonds is 8. The predicted octanol–water partition coefficient (Wildman–Crippen LogP) is 4.23. The molecule has 0 bridgehead atoms. The molecule has 0 aliphatic heterocycles. The molecule has 5 N–H and O–H groups in total. The number of aromatic nitrogens is 1. The van der Waals surface area contributed by atoms with Gasteiger partial charge in [0.2, 0.25) is 0 Å². The molecule has 0 aliphatic carbocycles. The fourth-order valence-corrected chi connectivity index (χ4v) is 2.85. The van der Waals surface area contributed by atoms with Crippen molar-refractivity contribution in [2.45, 2.75) is 6.18 Å². The van der Waals surface area contributed by atoms with Gasteiger partial charge in [0, 0.05) is 31.5 Å². The summed E-state index contributed by atoms with van der Waals surface area (Å²) in [4.78, 5) is 28.1. The standard InChI is InChI=1S/C23H22F3N5O4/c1-28-21(32)19-13-17(8-10-29-19)35-16-5-3-15(4-6-16)30-22(33)31-18-12-14(23(24,25)26)2-7-20(18)34-11-9-27/h2-8,10,12-13H,9,11,27H2,1H3,(H,28,32)(H2,30,31,33). The lowest BCUT2D eigenvalue weighted by atomic mass is 10.2. The fourth-order valence-electron chi connectivity index (χ4n) is 2.85. The van der Waals surface area contributed by atoms with Crippen LogP contribution in [0.5, 0.6) is 17.2 Å². The lowest BCUT2D eigenvalue weighted by Gasteiger charge is -2.15. The summed E-state index contributed by atoms with van der Waals surface area (Å²) in [6.07, 6.45) is -3.16. The molecule has 0 aliphatic rings. The Morgan fingerprint density at radius 2 is 1.74 bits per heavy atom. The molecule has 0 saturated carbocycles. The number of carbonyl (C=O) groups excluding carboxylic acids is 2. The van der Waals surface area contributed by atoms with E-state index in [1.54, 1.807) is 18.2 Å². The smallest absolute Gasteiger partial charge is 0.416 e. The molecule has 0 saturated heterocycles. The van der Waals surface area contributed by atoms with E-state index in [0.29, 0.717) is 17.2 Å².